The van der Waals surface area contributed by atoms with Gasteiger partial charge in [-0.1, -0.05) is 42.7 Å². The van der Waals surface area contributed by atoms with Gasteiger partial charge in [0.2, 0.25) is 17.1 Å². The van der Waals surface area contributed by atoms with E-state index < -0.39 is 28.6 Å². The van der Waals surface area contributed by atoms with Gasteiger partial charge in [0.15, 0.2) is 5.41 Å². The van der Waals surface area contributed by atoms with Crippen LogP contribution in [0, 0.1) is 63.1 Å². The van der Waals surface area contributed by atoms with Crippen molar-refractivity contribution in [1.29, 1.82) is 21.2 Å². The fourth-order valence-corrected chi connectivity index (χ4v) is 5.08. The number of rotatable bonds is 1. The highest BCUT2D eigenvalue weighted by atomic mass is 16.7. The predicted molar refractivity (Wildman–Crippen MR) is 94.8 cm³/mol. The van der Waals surface area contributed by atoms with E-state index in [9.17, 15) is 15.8 Å². The molecule has 6 heteroatoms. The van der Waals surface area contributed by atoms with Gasteiger partial charge in [-0.25, -0.2) is 0 Å². The van der Waals surface area contributed by atoms with Gasteiger partial charge in [0, 0.05) is 6.42 Å². The zero-order valence-corrected chi connectivity index (χ0v) is 15.2. The monoisotopic (exact) mass is 360 g/mol. The topological polar surface area (TPSA) is 114 Å². The number of nitrogens with zero attached hydrogens (tertiary/aromatic N) is 3. The summed E-state index contributed by atoms with van der Waals surface area (Å²) >= 11 is 0. The third-order valence-electron chi connectivity index (χ3n) is 6.45. The largest absolute Gasteiger partial charge is 0.447 e. The third-order valence-corrected chi connectivity index (χ3v) is 6.45. The summed E-state index contributed by atoms with van der Waals surface area (Å²) < 4.78 is 12.3. The highest BCUT2D eigenvalue weighted by molar-refractivity contribution is 5.89. The average Bonchev–Trinajstić information content (AvgIpc) is 2.81. The number of ether oxygens (including phenoxy) is 2. The van der Waals surface area contributed by atoms with E-state index in [1.807, 2.05) is 31.2 Å². The first kappa shape index (κ1) is 17.5. The van der Waals surface area contributed by atoms with E-state index in [2.05, 4.69) is 18.2 Å². The fraction of sp³-hybridized carbons (Fsp3) is 0.524. The van der Waals surface area contributed by atoms with Gasteiger partial charge in [-0.05, 0) is 25.3 Å². The first-order valence-corrected chi connectivity index (χ1v) is 9.26. The molecule has 1 N–H and O–H groups in total. The van der Waals surface area contributed by atoms with E-state index in [1.54, 1.807) is 0 Å². The number of nitriles is 3. The Hall–Kier alpha value is -2.88. The number of hydrogen-bond acceptors (Lipinski definition) is 6. The van der Waals surface area contributed by atoms with Crippen LogP contribution in [0.4, 0.5) is 0 Å². The average molecular weight is 360 g/mol. The summed E-state index contributed by atoms with van der Waals surface area (Å²) in [5.74, 6) is -1.91. The minimum absolute atomic E-state index is 0.297. The van der Waals surface area contributed by atoms with Crippen LogP contribution >= 0.6 is 0 Å². The second-order valence-corrected chi connectivity index (χ2v) is 7.75. The van der Waals surface area contributed by atoms with Crippen molar-refractivity contribution in [3.05, 3.63) is 35.4 Å². The highest BCUT2D eigenvalue weighted by Gasteiger charge is 2.80. The first-order valence-electron chi connectivity index (χ1n) is 9.26. The van der Waals surface area contributed by atoms with E-state index in [1.165, 1.54) is 0 Å². The molecule has 3 fully saturated rings. The Bertz CT molecular complexity index is 905. The zero-order chi connectivity index (χ0) is 19.3. The SMILES string of the molecule is Cc1ccc([C@@H]2O[C@@]34CCCCC[C@H]3[C@](C#N)(C(=N)O4)C2(C#N)C#N)cc1. The minimum Gasteiger partial charge on any atom is -0.447 e. The Morgan fingerprint density at radius 3 is 2.37 bits per heavy atom. The van der Waals surface area contributed by atoms with Crippen LogP contribution < -0.4 is 0 Å². The summed E-state index contributed by atoms with van der Waals surface area (Å²) in [7, 11) is 0. The molecule has 0 radical (unpaired) electrons. The second-order valence-electron chi connectivity index (χ2n) is 7.75. The summed E-state index contributed by atoms with van der Waals surface area (Å²) in [6.07, 6.45) is 2.89. The molecule has 4 rings (SSSR count). The van der Waals surface area contributed by atoms with Gasteiger partial charge in [0.1, 0.15) is 6.10 Å². The van der Waals surface area contributed by atoms with Gasteiger partial charge in [-0.2, -0.15) is 15.8 Å². The molecule has 0 aromatic heterocycles. The standard InChI is InChI=1S/C21H20N4O2/c1-14-6-8-15(9-7-14)17-19(11-22,12-23)20(13-24)16-5-3-2-4-10-21(16,26-17)27-18(20)25/h6-9,16-17,25H,2-5,10H2,1H3/t16-,17-,20+,21+/m0/s1. The molecular weight excluding hydrogens is 340 g/mol. The lowest BCUT2D eigenvalue weighted by Gasteiger charge is -2.49. The third kappa shape index (κ3) is 1.98. The first-order chi connectivity index (χ1) is 13.0. The van der Waals surface area contributed by atoms with Crippen LogP contribution in [-0.4, -0.2) is 11.7 Å². The second kappa shape index (κ2) is 5.81. The molecular formula is C21H20N4O2. The van der Waals surface area contributed by atoms with E-state index in [4.69, 9.17) is 14.9 Å². The van der Waals surface area contributed by atoms with E-state index in [-0.39, 0.29) is 5.90 Å². The fourth-order valence-electron chi connectivity index (χ4n) is 5.08. The summed E-state index contributed by atoms with van der Waals surface area (Å²) in [5.41, 5.74) is -1.78. The van der Waals surface area contributed by atoms with Gasteiger partial charge in [-0.15, -0.1) is 0 Å². The van der Waals surface area contributed by atoms with Crippen LogP contribution in [0.3, 0.4) is 0 Å². The molecule has 2 heterocycles. The van der Waals surface area contributed by atoms with Crippen molar-refractivity contribution >= 4 is 5.90 Å². The van der Waals surface area contributed by atoms with Crippen LogP contribution in [0.5, 0.6) is 0 Å². The van der Waals surface area contributed by atoms with Crippen LogP contribution in [0.25, 0.3) is 0 Å². The Labute approximate surface area is 158 Å². The Balaban J connectivity index is 1.99. The lowest BCUT2D eigenvalue weighted by atomic mass is 9.52. The molecule has 2 saturated heterocycles. The van der Waals surface area contributed by atoms with Crippen molar-refractivity contribution in [3.63, 3.8) is 0 Å². The molecule has 136 valence electrons. The normalized spacial score (nSPS) is 36.3. The van der Waals surface area contributed by atoms with Gasteiger partial charge in [0.25, 0.3) is 0 Å². The zero-order valence-electron chi connectivity index (χ0n) is 15.2. The number of nitrogens with one attached hydrogen (secondary N) is 1. The van der Waals surface area contributed by atoms with Crippen molar-refractivity contribution < 1.29 is 9.47 Å². The molecule has 0 amide bonds. The summed E-state index contributed by atoms with van der Waals surface area (Å²) in [6.45, 7) is 1.95. The highest BCUT2D eigenvalue weighted by Crippen LogP contribution is 2.68. The van der Waals surface area contributed by atoms with Gasteiger partial charge >= 0.3 is 0 Å². The van der Waals surface area contributed by atoms with Crippen molar-refractivity contribution in [2.75, 3.05) is 0 Å². The van der Waals surface area contributed by atoms with Gasteiger partial charge in [0.05, 0.1) is 24.1 Å². The number of hydrogen-bond donors (Lipinski definition) is 1. The minimum atomic E-state index is -1.84. The maximum absolute atomic E-state index is 10.2. The van der Waals surface area contributed by atoms with Crippen LogP contribution in [0.2, 0.25) is 0 Å². The van der Waals surface area contributed by atoms with Crippen molar-refractivity contribution in [3.8, 4) is 18.2 Å². The molecule has 0 spiro atoms. The molecule has 1 aromatic carbocycles. The van der Waals surface area contributed by atoms with Crippen LogP contribution in [0.15, 0.2) is 24.3 Å². The number of benzene rings is 1. The molecule has 0 unspecified atom stereocenters. The van der Waals surface area contributed by atoms with Gasteiger partial charge < -0.3 is 9.47 Å². The van der Waals surface area contributed by atoms with Crippen LogP contribution in [-0.2, 0) is 9.47 Å². The molecule has 1 aliphatic carbocycles. The Kier molecular flexibility index (Phi) is 3.77. The molecule has 2 bridgehead atoms. The smallest absolute Gasteiger partial charge is 0.217 e. The van der Waals surface area contributed by atoms with Crippen LogP contribution in [0.1, 0.15) is 49.3 Å². The molecule has 3 aliphatic rings. The molecule has 1 saturated carbocycles. The van der Waals surface area contributed by atoms with Crippen molar-refractivity contribution in [2.24, 2.45) is 16.7 Å². The quantitative estimate of drug-likeness (QED) is 0.816. The predicted octanol–water partition coefficient (Wildman–Crippen LogP) is 3.89. The molecule has 1 aromatic rings. The van der Waals surface area contributed by atoms with E-state index >= 15 is 0 Å². The van der Waals surface area contributed by atoms with Crippen molar-refractivity contribution in [2.45, 2.75) is 50.9 Å². The summed E-state index contributed by atoms with van der Waals surface area (Å²) in [5, 5.41) is 39.1. The molecule has 27 heavy (non-hydrogen) atoms. The Morgan fingerprint density at radius 2 is 1.74 bits per heavy atom. The summed E-state index contributed by atoms with van der Waals surface area (Å²) in [6, 6.07) is 13.8. The Morgan fingerprint density at radius 1 is 1.04 bits per heavy atom. The lowest BCUT2D eigenvalue weighted by molar-refractivity contribution is -0.284. The number of aryl methyl sites for hydroxylation is 1. The summed E-state index contributed by atoms with van der Waals surface area (Å²) in [4.78, 5) is 0. The molecule has 6 nitrogen and oxygen atoms in total. The maximum atomic E-state index is 10.2. The maximum Gasteiger partial charge on any atom is 0.217 e. The molecule has 2 aliphatic heterocycles. The molecule has 4 atom stereocenters. The lowest BCUT2D eigenvalue weighted by Crippen LogP contribution is -2.59. The van der Waals surface area contributed by atoms with Gasteiger partial charge in [-0.3, -0.25) is 5.41 Å². The van der Waals surface area contributed by atoms with Crippen molar-refractivity contribution in [1.82, 2.24) is 0 Å². The van der Waals surface area contributed by atoms with E-state index in [0.29, 0.717) is 18.4 Å². The van der Waals surface area contributed by atoms with E-state index in [0.717, 1.165) is 24.8 Å².